The van der Waals surface area contributed by atoms with E-state index in [1.165, 1.54) is 13.2 Å². The largest absolute Gasteiger partial charge is 0.495 e. The molecular weight excluding hydrogens is 457 g/mol. The van der Waals surface area contributed by atoms with Crippen LogP contribution in [-0.2, 0) is 0 Å². The number of carbonyl (C=O) groups is 1. The van der Waals surface area contributed by atoms with Crippen molar-refractivity contribution >= 4 is 63.2 Å². The fourth-order valence-electron chi connectivity index (χ4n) is 2.90. The zero-order chi connectivity index (χ0) is 22.0. The maximum absolute atomic E-state index is 12.4. The van der Waals surface area contributed by atoms with Crippen LogP contribution in [0.4, 0.5) is 5.69 Å². The minimum atomic E-state index is -0.398. The standard InChI is InChI=1S/C22H15Cl2N3O3S/c1-29-18-8-6-12(10-16(18)24)20(28)27-22(31)25-13-7-9-19-17(11-13)26-21(30-19)14-4-2-3-5-15(14)23/h2-11H,1H3,(H2,25,27,28,31). The average Bonchev–Trinajstić information content (AvgIpc) is 3.17. The topological polar surface area (TPSA) is 76.4 Å². The Labute approximate surface area is 193 Å². The summed E-state index contributed by atoms with van der Waals surface area (Å²) in [4.78, 5) is 16.9. The van der Waals surface area contributed by atoms with Crippen molar-refractivity contribution < 1.29 is 13.9 Å². The summed E-state index contributed by atoms with van der Waals surface area (Å²) in [6, 6.07) is 17.3. The Morgan fingerprint density at radius 3 is 2.61 bits per heavy atom. The lowest BCUT2D eigenvalue weighted by molar-refractivity contribution is 0.0977. The summed E-state index contributed by atoms with van der Waals surface area (Å²) in [7, 11) is 1.50. The number of fused-ring (bicyclic) bond motifs is 1. The molecule has 0 aliphatic heterocycles. The zero-order valence-corrected chi connectivity index (χ0v) is 18.4. The lowest BCUT2D eigenvalue weighted by Gasteiger charge is -2.10. The predicted molar refractivity (Wildman–Crippen MR) is 126 cm³/mol. The normalized spacial score (nSPS) is 10.7. The molecule has 0 spiro atoms. The van der Waals surface area contributed by atoms with Gasteiger partial charge in [0.05, 0.1) is 22.7 Å². The first kappa shape index (κ1) is 21.1. The number of carbonyl (C=O) groups excluding carboxylic acids is 1. The first-order valence-electron chi connectivity index (χ1n) is 9.06. The molecule has 4 rings (SSSR count). The molecule has 0 atom stereocenters. The van der Waals surface area contributed by atoms with Crippen LogP contribution in [0.15, 0.2) is 65.1 Å². The van der Waals surface area contributed by atoms with Gasteiger partial charge in [-0.2, -0.15) is 0 Å². The van der Waals surface area contributed by atoms with Crippen molar-refractivity contribution in [3.8, 4) is 17.2 Å². The van der Waals surface area contributed by atoms with E-state index in [-0.39, 0.29) is 5.11 Å². The summed E-state index contributed by atoms with van der Waals surface area (Å²) in [6.07, 6.45) is 0. The maximum atomic E-state index is 12.4. The number of oxazole rings is 1. The molecule has 0 aliphatic carbocycles. The quantitative estimate of drug-likeness (QED) is 0.358. The number of hydrogen-bond acceptors (Lipinski definition) is 5. The fourth-order valence-corrected chi connectivity index (χ4v) is 3.59. The van der Waals surface area contributed by atoms with E-state index in [9.17, 15) is 4.79 Å². The second-order valence-electron chi connectivity index (χ2n) is 6.44. The summed E-state index contributed by atoms with van der Waals surface area (Å²) >= 11 is 17.6. The highest BCUT2D eigenvalue weighted by molar-refractivity contribution is 7.80. The Morgan fingerprint density at radius 2 is 1.87 bits per heavy atom. The number of rotatable bonds is 4. The summed E-state index contributed by atoms with van der Waals surface area (Å²) in [6.45, 7) is 0. The first-order valence-corrected chi connectivity index (χ1v) is 10.2. The molecule has 3 aromatic carbocycles. The smallest absolute Gasteiger partial charge is 0.257 e. The second kappa shape index (κ2) is 8.93. The number of halogens is 2. The summed E-state index contributed by atoms with van der Waals surface area (Å²) in [5.74, 6) is 0.506. The van der Waals surface area contributed by atoms with Gasteiger partial charge in [-0.15, -0.1) is 0 Å². The van der Waals surface area contributed by atoms with Gasteiger partial charge in [0.25, 0.3) is 5.91 Å². The van der Waals surface area contributed by atoms with Crippen LogP contribution in [0.25, 0.3) is 22.6 Å². The van der Waals surface area contributed by atoms with Crippen molar-refractivity contribution in [2.45, 2.75) is 0 Å². The molecule has 0 aliphatic rings. The lowest BCUT2D eigenvalue weighted by Crippen LogP contribution is -2.34. The molecule has 9 heteroatoms. The van der Waals surface area contributed by atoms with Gasteiger partial charge in [-0.1, -0.05) is 35.3 Å². The molecule has 0 unspecified atom stereocenters. The van der Waals surface area contributed by atoms with E-state index in [0.717, 1.165) is 0 Å². The third-order valence-corrected chi connectivity index (χ3v) is 5.22. The number of ether oxygens (including phenoxy) is 1. The van der Waals surface area contributed by atoms with E-state index >= 15 is 0 Å². The summed E-state index contributed by atoms with van der Waals surface area (Å²) in [5.41, 5.74) is 2.92. The SMILES string of the molecule is COc1ccc(C(=O)NC(=S)Nc2ccc3oc(-c4ccccc4Cl)nc3c2)cc1Cl. The molecule has 0 radical (unpaired) electrons. The van der Waals surface area contributed by atoms with E-state index in [2.05, 4.69) is 15.6 Å². The average molecular weight is 472 g/mol. The zero-order valence-electron chi connectivity index (χ0n) is 16.1. The molecule has 1 heterocycles. The van der Waals surface area contributed by atoms with Gasteiger partial charge in [0.1, 0.15) is 11.3 Å². The number of thiocarbonyl (C=S) groups is 1. The van der Waals surface area contributed by atoms with Gasteiger partial charge in [-0.25, -0.2) is 4.98 Å². The van der Waals surface area contributed by atoms with Gasteiger partial charge in [0.2, 0.25) is 5.89 Å². The molecule has 6 nitrogen and oxygen atoms in total. The number of methoxy groups -OCH3 is 1. The van der Waals surface area contributed by atoms with Gasteiger partial charge in [-0.05, 0) is 60.7 Å². The van der Waals surface area contributed by atoms with Gasteiger partial charge in [-0.3, -0.25) is 10.1 Å². The van der Waals surface area contributed by atoms with E-state index in [1.54, 1.807) is 36.4 Å². The van der Waals surface area contributed by atoms with Crippen molar-refractivity contribution in [2.24, 2.45) is 0 Å². The van der Waals surface area contributed by atoms with Crippen LogP contribution in [0, 0.1) is 0 Å². The summed E-state index contributed by atoms with van der Waals surface area (Å²) < 4.78 is 10.9. The summed E-state index contributed by atoms with van der Waals surface area (Å²) in [5, 5.41) is 6.60. The lowest BCUT2D eigenvalue weighted by atomic mass is 10.2. The van der Waals surface area contributed by atoms with Crippen LogP contribution in [0.3, 0.4) is 0 Å². The number of nitrogens with zero attached hydrogens (tertiary/aromatic N) is 1. The van der Waals surface area contributed by atoms with E-state index in [4.69, 9.17) is 44.6 Å². The monoisotopic (exact) mass is 471 g/mol. The number of aromatic nitrogens is 1. The van der Waals surface area contributed by atoms with Crippen molar-refractivity contribution in [1.82, 2.24) is 10.3 Å². The van der Waals surface area contributed by atoms with Crippen LogP contribution >= 0.6 is 35.4 Å². The minimum Gasteiger partial charge on any atom is -0.495 e. The van der Waals surface area contributed by atoms with E-state index < -0.39 is 5.91 Å². The molecule has 1 aromatic heterocycles. The predicted octanol–water partition coefficient (Wildman–Crippen LogP) is 5.94. The third kappa shape index (κ3) is 4.64. The third-order valence-electron chi connectivity index (χ3n) is 4.39. The molecule has 2 N–H and O–H groups in total. The minimum absolute atomic E-state index is 0.131. The van der Waals surface area contributed by atoms with Crippen molar-refractivity contribution in [3.63, 3.8) is 0 Å². The molecule has 4 aromatic rings. The Balaban J connectivity index is 1.48. The molecule has 156 valence electrons. The van der Waals surface area contributed by atoms with Crippen LogP contribution in [-0.4, -0.2) is 23.1 Å². The van der Waals surface area contributed by atoms with Gasteiger partial charge < -0.3 is 14.5 Å². The Morgan fingerprint density at radius 1 is 1.06 bits per heavy atom. The van der Waals surface area contributed by atoms with Crippen LogP contribution < -0.4 is 15.4 Å². The van der Waals surface area contributed by atoms with E-state index in [0.29, 0.717) is 49.6 Å². The highest BCUT2D eigenvalue weighted by Crippen LogP contribution is 2.30. The molecule has 0 bridgehead atoms. The maximum Gasteiger partial charge on any atom is 0.257 e. The van der Waals surface area contributed by atoms with Gasteiger partial charge in [0, 0.05) is 11.3 Å². The van der Waals surface area contributed by atoms with Crippen molar-refractivity contribution in [3.05, 3.63) is 76.3 Å². The first-order chi connectivity index (χ1) is 14.9. The molecule has 0 fully saturated rings. The highest BCUT2D eigenvalue weighted by Gasteiger charge is 2.13. The number of nitrogens with one attached hydrogen (secondary N) is 2. The number of anilines is 1. The number of benzene rings is 3. The molecule has 0 saturated heterocycles. The fraction of sp³-hybridized carbons (Fsp3) is 0.0455. The molecule has 31 heavy (non-hydrogen) atoms. The highest BCUT2D eigenvalue weighted by atomic mass is 35.5. The van der Waals surface area contributed by atoms with Crippen LogP contribution in [0.5, 0.6) is 5.75 Å². The molecule has 0 saturated carbocycles. The Bertz CT molecular complexity index is 1310. The van der Waals surface area contributed by atoms with Crippen molar-refractivity contribution in [2.75, 3.05) is 12.4 Å². The second-order valence-corrected chi connectivity index (χ2v) is 7.66. The number of amides is 1. The van der Waals surface area contributed by atoms with Crippen molar-refractivity contribution in [1.29, 1.82) is 0 Å². The van der Waals surface area contributed by atoms with Gasteiger partial charge in [0.15, 0.2) is 10.7 Å². The molecule has 1 amide bonds. The van der Waals surface area contributed by atoms with E-state index in [1.807, 2.05) is 18.2 Å². The Kier molecular flexibility index (Phi) is 6.08. The Hall–Kier alpha value is -3.13. The van der Waals surface area contributed by atoms with Crippen LogP contribution in [0.2, 0.25) is 10.0 Å². The van der Waals surface area contributed by atoms with Crippen LogP contribution in [0.1, 0.15) is 10.4 Å². The molecular formula is C22H15Cl2N3O3S. The number of hydrogen-bond donors (Lipinski definition) is 2. The van der Waals surface area contributed by atoms with Gasteiger partial charge >= 0.3 is 0 Å².